The zero-order chi connectivity index (χ0) is 11.8. The van der Waals surface area contributed by atoms with E-state index in [1.807, 2.05) is 0 Å². The number of carbonyl (C=O) groups excluding carboxylic acids is 1. The van der Waals surface area contributed by atoms with Crippen molar-refractivity contribution in [2.24, 2.45) is 5.41 Å². The summed E-state index contributed by atoms with van der Waals surface area (Å²) < 4.78 is 10.9. The van der Waals surface area contributed by atoms with Crippen molar-refractivity contribution >= 4 is 5.78 Å². The van der Waals surface area contributed by atoms with E-state index in [4.69, 9.17) is 9.47 Å². The molecule has 0 atom stereocenters. The molecule has 1 aliphatic heterocycles. The zero-order valence-electron chi connectivity index (χ0n) is 10.1. The van der Waals surface area contributed by atoms with Gasteiger partial charge in [0.2, 0.25) is 0 Å². The van der Waals surface area contributed by atoms with E-state index >= 15 is 0 Å². The van der Waals surface area contributed by atoms with Crippen LogP contribution in [0.4, 0.5) is 0 Å². The van der Waals surface area contributed by atoms with Crippen LogP contribution < -0.4 is 0 Å². The Morgan fingerprint density at radius 2 is 1.94 bits per heavy atom. The Kier molecular flexibility index (Phi) is 3.00. The van der Waals surface area contributed by atoms with Gasteiger partial charge in [0, 0.05) is 0 Å². The maximum absolute atomic E-state index is 11.1. The van der Waals surface area contributed by atoms with Crippen molar-refractivity contribution in [2.75, 3.05) is 13.2 Å². The van der Waals surface area contributed by atoms with Gasteiger partial charge in [-0.1, -0.05) is 26.0 Å². The van der Waals surface area contributed by atoms with Gasteiger partial charge >= 0.3 is 0 Å². The highest BCUT2D eigenvalue weighted by molar-refractivity contribution is 5.81. The van der Waals surface area contributed by atoms with Crippen molar-refractivity contribution in [1.29, 1.82) is 0 Å². The Morgan fingerprint density at radius 3 is 2.50 bits per heavy atom. The molecule has 88 valence electrons. The number of Topliss-reactive ketones (excluding diaryl/α,β-unsaturated/α-hetero) is 1. The van der Waals surface area contributed by atoms with Gasteiger partial charge in [0.1, 0.15) is 13.2 Å². The molecule has 3 heteroatoms. The summed E-state index contributed by atoms with van der Waals surface area (Å²) in [5, 5.41) is 0. The Morgan fingerprint density at radius 1 is 1.31 bits per heavy atom. The van der Waals surface area contributed by atoms with Gasteiger partial charge < -0.3 is 9.47 Å². The molecule has 0 aromatic heterocycles. The number of hydrogen-bond acceptors (Lipinski definition) is 3. The number of carbonyl (C=O) groups is 1. The van der Waals surface area contributed by atoms with E-state index in [2.05, 4.69) is 32.9 Å². The van der Waals surface area contributed by atoms with Crippen LogP contribution in [0.25, 0.3) is 0 Å². The third-order valence-corrected chi connectivity index (χ3v) is 3.18. The summed E-state index contributed by atoms with van der Waals surface area (Å²) in [5.74, 6) is 0.0126. The molecule has 0 bridgehead atoms. The summed E-state index contributed by atoms with van der Waals surface area (Å²) in [7, 11) is 0. The van der Waals surface area contributed by atoms with E-state index in [9.17, 15) is 4.79 Å². The first kappa shape index (κ1) is 11.6. The molecule has 0 aromatic carbocycles. The molecule has 1 fully saturated rings. The second-order valence-corrected chi connectivity index (χ2v) is 5.08. The minimum absolute atomic E-state index is 0.0126. The molecule has 0 unspecified atom stereocenters. The summed E-state index contributed by atoms with van der Waals surface area (Å²) in [5.41, 5.74) is 2.40. The van der Waals surface area contributed by atoms with Crippen LogP contribution in [0.15, 0.2) is 23.3 Å². The Balaban J connectivity index is 2.24. The van der Waals surface area contributed by atoms with Crippen molar-refractivity contribution in [3.63, 3.8) is 0 Å². The first-order valence-corrected chi connectivity index (χ1v) is 5.63. The van der Waals surface area contributed by atoms with Crippen molar-refractivity contribution in [2.45, 2.75) is 33.5 Å². The van der Waals surface area contributed by atoms with E-state index in [-0.39, 0.29) is 30.7 Å². The minimum Gasteiger partial charge on any atom is -0.341 e. The summed E-state index contributed by atoms with van der Waals surface area (Å²) in [4.78, 5) is 11.1. The van der Waals surface area contributed by atoms with Crippen molar-refractivity contribution in [3.05, 3.63) is 23.3 Å². The molecule has 1 heterocycles. The van der Waals surface area contributed by atoms with Crippen molar-refractivity contribution in [3.8, 4) is 0 Å². The standard InChI is InChI=1S/C13H18O3/c1-9-5-4-6-13(2,3)11(9)12-15-7-10(14)8-16-12/h4-5,12H,6-8H2,1-3H3. The molecule has 0 spiro atoms. The Hall–Kier alpha value is -0.930. The maximum atomic E-state index is 11.1. The van der Waals surface area contributed by atoms with Gasteiger partial charge in [0.05, 0.1) is 0 Å². The number of ether oxygens (including phenoxy) is 2. The molecular weight excluding hydrogens is 204 g/mol. The van der Waals surface area contributed by atoms with Crippen LogP contribution in [0, 0.1) is 5.41 Å². The summed E-state index contributed by atoms with van der Waals surface area (Å²) in [6, 6.07) is 0. The fourth-order valence-electron chi connectivity index (χ4n) is 2.36. The molecule has 3 nitrogen and oxygen atoms in total. The molecule has 0 saturated carbocycles. The van der Waals surface area contributed by atoms with Gasteiger partial charge in [0.15, 0.2) is 12.1 Å². The van der Waals surface area contributed by atoms with Gasteiger partial charge in [-0.3, -0.25) is 4.79 Å². The predicted molar refractivity (Wildman–Crippen MR) is 60.9 cm³/mol. The van der Waals surface area contributed by atoms with E-state index < -0.39 is 0 Å². The lowest BCUT2D eigenvalue weighted by atomic mass is 9.75. The first-order chi connectivity index (χ1) is 7.50. The molecule has 1 aliphatic carbocycles. The highest BCUT2D eigenvalue weighted by atomic mass is 16.7. The van der Waals surface area contributed by atoms with Gasteiger partial charge in [0.25, 0.3) is 0 Å². The highest BCUT2D eigenvalue weighted by Crippen LogP contribution is 2.40. The number of rotatable bonds is 1. The summed E-state index contributed by atoms with van der Waals surface area (Å²) >= 11 is 0. The van der Waals surface area contributed by atoms with Crippen LogP contribution in [-0.2, 0) is 14.3 Å². The number of allylic oxidation sites excluding steroid dienone is 3. The van der Waals surface area contributed by atoms with Gasteiger partial charge in [-0.05, 0) is 29.9 Å². The third kappa shape index (κ3) is 2.11. The highest BCUT2D eigenvalue weighted by Gasteiger charge is 2.35. The van der Waals surface area contributed by atoms with Crippen LogP contribution in [0.2, 0.25) is 0 Å². The maximum Gasteiger partial charge on any atom is 0.184 e. The average Bonchev–Trinajstić information content (AvgIpc) is 2.19. The number of hydrogen-bond donors (Lipinski definition) is 0. The van der Waals surface area contributed by atoms with Crippen molar-refractivity contribution < 1.29 is 14.3 Å². The molecule has 0 amide bonds. The molecule has 0 N–H and O–H groups in total. The van der Waals surface area contributed by atoms with Gasteiger partial charge in [-0.15, -0.1) is 0 Å². The Labute approximate surface area is 96.1 Å². The van der Waals surface area contributed by atoms with Crippen molar-refractivity contribution in [1.82, 2.24) is 0 Å². The fourth-order valence-corrected chi connectivity index (χ4v) is 2.36. The lowest BCUT2D eigenvalue weighted by Crippen LogP contribution is -2.38. The quantitative estimate of drug-likeness (QED) is 0.682. The van der Waals surface area contributed by atoms with E-state index in [0.29, 0.717) is 0 Å². The smallest absolute Gasteiger partial charge is 0.184 e. The lowest BCUT2D eigenvalue weighted by molar-refractivity contribution is -0.177. The van der Waals surface area contributed by atoms with E-state index in [0.717, 1.165) is 6.42 Å². The average molecular weight is 222 g/mol. The van der Waals surface area contributed by atoms with Gasteiger partial charge in [-0.25, -0.2) is 0 Å². The molecule has 2 rings (SSSR count). The molecule has 0 radical (unpaired) electrons. The van der Waals surface area contributed by atoms with Gasteiger partial charge in [-0.2, -0.15) is 0 Å². The largest absolute Gasteiger partial charge is 0.341 e. The third-order valence-electron chi connectivity index (χ3n) is 3.18. The zero-order valence-corrected chi connectivity index (χ0v) is 10.1. The Bertz CT molecular complexity index is 353. The topological polar surface area (TPSA) is 35.5 Å². The number of ketones is 1. The predicted octanol–water partition coefficient (Wildman–Crippen LogP) is 2.23. The van der Waals surface area contributed by atoms with Crippen LogP contribution in [0.5, 0.6) is 0 Å². The van der Waals surface area contributed by atoms with E-state index in [1.165, 1.54) is 11.1 Å². The van der Waals surface area contributed by atoms with Crippen LogP contribution in [-0.4, -0.2) is 25.3 Å². The second kappa shape index (κ2) is 4.15. The fraction of sp³-hybridized carbons (Fsp3) is 0.615. The minimum atomic E-state index is -0.349. The molecule has 16 heavy (non-hydrogen) atoms. The van der Waals surface area contributed by atoms with Crippen LogP contribution in [0.1, 0.15) is 27.2 Å². The SMILES string of the molecule is CC1=C(C2OCC(=O)CO2)C(C)(C)CC=C1. The molecule has 1 saturated heterocycles. The monoisotopic (exact) mass is 222 g/mol. The molecule has 2 aliphatic rings. The first-order valence-electron chi connectivity index (χ1n) is 5.63. The summed E-state index contributed by atoms with van der Waals surface area (Å²) in [6.45, 7) is 6.76. The molecule has 0 aromatic rings. The second-order valence-electron chi connectivity index (χ2n) is 5.08. The normalized spacial score (nSPS) is 26.3. The van der Waals surface area contributed by atoms with E-state index in [1.54, 1.807) is 0 Å². The lowest BCUT2D eigenvalue weighted by Gasteiger charge is -2.37. The van der Waals surface area contributed by atoms with Crippen LogP contribution in [0.3, 0.4) is 0 Å². The molecular formula is C13H18O3. The van der Waals surface area contributed by atoms with Crippen LogP contribution >= 0.6 is 0 Å². The summed E-state index contributed by atoms with van der Waals surface area (Å²) in [6.07, 6.45) is 4.91.